The summed E-state index contributed by atoms with van der Waals surface area (Å²) >= 11 is 0. The molecule has 0 unspecified atom stereocenters. The number of sulfonamides is 1. The van der Waals surface area contributed by atoms with Crippen molar-refractivity contribution in [1.82, 2.24) is 0 Å². The smallest absolute Gasteiger partial charge is 0.238 e. The number of primary sulfonamides is 1. The number of benzene rings is 2. The number of hydrogen-bond donors (Lipinski definition) is 1. The van der Waals surface area contributed by atoms with E-state index >= 15 is 0 Å². The molecule has 0 atom stereocenters. The van der Waals surface area contributed by atoms with Gasteiger partial charge in [0, 0.05) is 10.8 Å². The van der Waals surface area contributed by atoms with Crippen LogP contribution < -0.4 is 9.88 Å². The molecule has 4 nitrogen and oxygen atoms in total. The molecule has 2 N–H and O–H groups in total. The van der Waals surface area contributed by atoms with Gasteiger partial charge in [-0.2, -0.15) is 0 Å². The molecule has 0 saturated heterocycles. The Bertz CT molecular complexity index is 735. The summed E-state index contributed by atoms with van der Waals surface area (Å²) in [7, 11) is -3.75. The fourth-order valence-corrected chi connectivity index (χ4v) is 2.56. The van der Waals surface area contributed by atoms with Gasteiger partial charge in [-0.15, -0.1) is 0 Å². The SMILES string of the molecule is C=C(C)COc1ccc(S(N)(=O)=O)c2ccccc12. The van der Waals surface area contributed by atoms with Gasteiger partial charge in [-0.3, -0.25) is 0 Å². The summed E-state index contributed by atoms with van der Waals surface area (Å²) < 4.78 is 28.7. The van der Waals surface area contributed by atoms with E-state index in [0.29, 0.717) is 17.7 Å². The highest BCUT2D eigenvalue weighted by Gasteiger charge is 2.14. The maximum Gasteiger partial charge on any atom is 0.238 e. The largest absolute Gasteiger partial charge is 0.489 e. The van der Waals surface area contributed by atoms with E-state index in [1.54, 1.807) is 24.3 Å². The van der Waals surface area contributed by atoms with Gasteiger partial charge in [0.2, 0.25) is 10.0 Å². The van der Waals surface area contributed by atoms with Crippen molar-refractivity contribution in [3.8, 4) is 5.75 Å². The van der Waals surface area contributed by atoms with Crippen molar-refractivity contribution in [2.45, 2.75) is 11.8 Å². The summed E-state index contributed by atoms with van der Waals surface area (Å²) in [6.07, 6.45) is 0. The van der Waals surface area contributed by atoms with Crippen molar-refractivity contribution in [2.75, 3.05) is 6.61 Å². The number of ether oxygens (including phenoxy) is 1. The normalized spacial score (nSPS) is 11.5. The predicted molar refractivity (Wildman–Crippen MR) is 75.6 cm³/mol. The van der Waals surface area contributed by atoms with Gasteiger partial charge >= 0.3 is 0 Å². The van der Waals surface area contributed by atoms with Crippen LogP contribution in [0.15, 0.2) is 53.4 Å². The minimum Gasteiger partial charge on any atom is -0.489 e. The topological polar surface area (TPSA) is 69.4 Å². The molecule has 5 heteroatoms. The minimum atomic E-state index is -3.75. The van der Waals surface area contributed by atoms with Gasteiger partial charge in [-0.1, -0.05) is 30.8 Å². The molecule has 2 aromatic rings. The van der Waals surface area contributed by atoms with Crippen LogP contribution in [0, 0.1) is 0 Å². The fourth-order valence-electron chi connectivity index (χ4n) is 1.82. The first-order valence-electron chi connectivity index (χ1n) is 5.71. The second kappa shape index (κ2) is 5.03. The first kappa shape index (κ1) is 13.6. The highest BCUT2D eigenvalue weighted by atomic mass is 32.2. The third-order valence-electron chi connectivity index (χ3n) is 2.62. The number of fused-ring (bicyclic) bond motifs is 1. The quantitative estimate of drug-likeness (QED) is 0.873. The Morgan fingerprint density at radius 3 is 2.42 bits per heavy atom. The second-order valence-electron chi connectivity index (χ2n) is 4.40. The Morgan fingerprint density at radius 2 is 1.84 bits per heavy atom. The van der Waals surface area contributed by atoms with Crippen LogP contribution in [-0.4, -0.2) is 15.0 Å². The van der Waals surface area contributed by atoms with Crippen LogP contribution in [0.2, 0.25) is 0 Å². The zero-order chi connectivity index (χ0) is 14.0. The lowest BCUT2D eigenvalue weighted by Gasteiger charge is -2.11. The van der Waals surface area contributed by atoms with Gasteiger partial charge in [0.15, 0.2) is 0 Å². The standard InChI is InChI=1S/C14H15NO3S/c1-10(2)9-18-13-7-8-14(19(15,16)17)12-6-4-3-5-11(12)13/h3-8H,1,9H2,2H3,(H2,15,16,17). The van der Waals surface area contributed by atoms with Crippen molar-refractivity contribution >= 4 is 20.8 Å². The van der Waals surface area contributed by atoms with E-state index in [9.17, 15) is 8.42 Å². The molecule has 0 aromatic heterocycles. The van der Waals surface area contributed by atoms with E-state index in [1.165, 1.54) is 6.07 Å². The molecule has 0 aliphatic rings. The van der Waals surface area contributed by atoms with Crippen molar-refractivity contribution in [2.24, 2.45) is 5.14 Å². The number of hydrogen-bond acceptors (Lipinski definition) is 3. The highest BCUT2D eigenvalue weighted by Crippen LogP contribution is 2.30. The van der Waals surface area contributed by atoms with E-state index in [0.717, 1.165) is 11.0 Å². The monoisotopic (exact) mass is 277 g/mol. The third-order valence-corrected chi connectivity index (χ3v) is 3.59. The van der Waals surface area contributed by atoms with Crippen molar-refractivity contribution < 1.29 is 13.2 Å². The third kappa shape index (κ3) is 2.94. The summed E-state index contributed by atoms with van der Waals surface area (Å²) in [5.41, 5.74) is 0.889. The van der Waals surface area contributed by atoms with Crippen LogP contribution in [0.5, 0.6) is 5.75 Å². The first-order valence-corrected chi connectivity index (χ1v) is 7.26. The molecule has 0 aliphatic heterocycles. The van der Waals surface area contributed by atoms with E-state index in [1.807, 2.05) is 13.0 Å². The molecule has 0 amide bonds. The summed E-state index contributed by atoms with van der Waals surface area (Å²) in [6.45, 7) is 6.02. The summed E-state index contributed by atoms with van der Waals surface area (Å²) in [6, 6.07) is 10.2. The maximum absolute atomic E-state index is 11.5. The van der Waals surface area contributed by atoms with Crippen LogP contribution in [-0.2, 0) is 10.0 Å². The fraction of sp³-hybridized carbons (Fsp3) is 0.143. The van der Waals surface area contributed by atoms with Crippen LogP contribution in [0.1, 0.15) is 6.92 Å². The molecule has 0 radical (unpaired) electrons. The summed E-state index contributed by atoms with van der Waals surface area (Å²) in [4.78, 5) is 0.103. The van der Waals surface area contributed by atoms with Crippen LogP contribution in [0.3, 0.4) is 0 Å². The summed E-state index contributed by atoms with van der Waals surface area (Å²) in [5.74, 6) is 0.617. The molecule has 0 saturated carbocycles. The molecule has 0 fully saturated rings. The Balaban J connectivity index is 2.62. The van der Waals surface area contributed by atoms with Gasteiger partial charge in [-0.05, 0) is 24.6 Å². The Morgan fingerprint density at radius 1 is 1.21 bits per heavy atom. The van der Waals surface area contributed by atoms with Gasteiger partial charge in [0.1, 0.15) is 12.4 Å². The van der Waals surface area contributed by atoms with Crippen molar-refractivity contribution in [1.29, 1.82) is 0 Å². The van der Waals surface area contributed by atoms with Gasteiger partial charge < -0.3 is 4.74 Å². The molecule has 2 aromatic carbocycles. The summed E-state index contributed by atoms with van der Waals surface area (Å²) in [5, 5.41) is 6.49. The van der Waals surface area contributed by atoms with Crippen LogP contribution in [0.25, 0.3) is 10.8 Å². The molecule has 100 valence electrons. The molecule has 0 spiro atoms. The molecule has 2 rings (SSSR count). The van der Waals surface area contributed by atoms with Crippen LogP contribution in [0.4, 0.5) is 0 Å². The molecule has 0 heterocycles. The van der Waals surface area contributed by atoms with E-state index in [4.69, 9.17) is 9.88 Å². The molecule has 0 bridgehead atoms. The first-order chi connectivity index (χ1) is 8.89. The zero-order valence-corrected chi connectivity index (χ0v) is 11.4. The average molecular weight is 277 g/mol. The minimum absolute atomic E-state index is 0.103. The lowest BCUT2D eigenvalue weighted by Crippen LogP contribution is -2.12. The maximum atomic E-state index is 11.5. The average Bonchev–Trinajstić information content (AvgIpc) is 2.34. The molecule has 0 aliphatic carbocycles. The molecule has 19 heavy (non-hydrogen) atoms. The molecular formula is C14H15NO3S. The Hall–Kier alpha value is -1.85. The van der Waals surface area contributed by atoms with E-state index in [2.05, 4.69) is 6.58 Å². The number of nitrogens with two attached hydrogens (primary N) is 1. The zero-order valence-electron chi connectivity index (χ0n) is 10.6. The van der Waals surface area contributed by atoms with Crippen molar-refractivity contribution in [3.05, 3.63) is 48.6 Å². The van der Waals surface area contributed by atoms with E-state index in [-0.39, 0.29) is 4.90 Å². The van der Waals surface area contributed by atoms with Crippen molar-refractivity contribution in [3.63, 3.8) is 0 Å². The number of rotatable bonds is 4. The van der Waals surface area contributed by atoms with Gasteiger partial charge in [0.25, 0.3) is 0 Å². The predicted octanol–water partition coefficient (Wildman–Crippen LogP) is 2.44. The van der Waals surface area contributed by atoms with Gasteiger partial charge in [-0.25, -0.2) is 13.6 Å². The molecular weight excluding hydrogens is 262 g/mol. The highest BCUT2D eigenvalue weighted by molar-refractivity contribution is 7.89. The van der Waals surface area contributed by atoms with Gasteiger partial charge in [0.05, 0.1) is 4.90 Å². The Kier molecular flexibility index (Phi) is 3.59. The Labute approximate surface area is 112 Å². The second-order valence-corrected chi connectivity index (χ2v) is 5.93. The lowest BCUT2D eigenvalue weighted by molar-refractivity contribution is 0.357. The van der Waals surface area contributed by atoms with E-state index < -0.39 is 10.0 Å². The lowest BCUT2D eigenvalue weighted by atomic mass is 10.1. The van der Waals surface area contributed by atoms with Crippen LogP contribution >= 0.6 is 0 Å².